The molecule has 0 radical (unpaired) electrons. The van der Waals surface area contributed by atoms with Gasteiger partial charge < -0.3 is 0 Å². The van der Waals surface area contributed by atoms with E-state index in [4.69, 9.17) is 0 Å². The van der Waals surface area contributed by atoms with Crippen LogP contribution >= 0.6 is 0 Å². The van der Waals surface area contributed by atoms with Gasteiger partial charge in [0.1, 0.15) is 0 Å². The van der Waals surface area contributed by atoms with Crippen LogP contribution in [0.25, 0.3) is 0 Å². The highest BCUT2D eigenvalue weighted by molar-refractivity contribution is 5.46. The largest absolute Gasteiger partial charge is 0.0847 e. The molecule has 0 spiro atoms. The van der Waals surface area contributed by atoms with E-state index in [0.717, 1.165) is 11.8 Å². The average Bonchev–Trinajstić information content (AvgIpc) is 3.29. The van der Waals surface area contributed by atoms with Gasteiger partial charge in [-0.3, -0.25) is 0 Å². The third-order valence-corrected chi connectivity index (χ3v) is 6.21. The molecule has 0 heteroatoms. The van der Waals surface area contributed by atoms with Gasteiger partial charge in [0.25, 0.3) is 0 Å². The van der Waals surface area contributed by atoms with E-state index in [1.807, 2.05) is 0 Å². The lowest BCUT2D eigenvalue weighted by Crippen LogP contribution is -2.33. The molecule has 0 aliphatic heterocycles. The Kier molecular flexibility index (Phi) is 4.07. The summed E-state index contributed by atoms with van der Waals surface area (Å²) in [5, 5.41) is 0. The predicted molar refractivity (Wildman–Crippen MR) is 101 cm³/mol. The van der Waals surface area contributed by atoms with Crippen LogP contribution in [-0.2, 0) is 10.8 Å². The molecule has 1 saturated carbocycles. The molecular formula is C23H32. The summed E-state index contributed by atoms with van der Waals surface area (Å²) in [6.07, 6.45) is 10.8. The molecule has 1 aromatic rings. The fraction of sp³-hybridized carbons (Fsp3) is 0.565. The molecule has 0 unspecified atom stereocenters. The lowest BCUT2D eigenvalue weighted by Gasteiger charge is -2.42. The van der Waals surface area contributed by atoms with E-state index < -0.39 is 0 Å². The highest BCUT2D eigenvalue weighted by Gasteiger charge is 2.40. The van der Waals surface area contributed by atoms with Gasteiger partial charge >= 0.3 is 0 Å². The number of hydrogen-bond donors (Lipinski definition) is 0. The van der Waals surface area contributed by atoms with Gasteiger partial charge in [0.2, 0.25) is 0 Å². The minimum absolute atomic E-state index is 0.322. The van der Waals surface area contributed by atoms with Crippen LogP contribution in [0.3, 0.4) is 0 Å². The highest BCUT2D eigenvalue weighted by atomic mass is 14.4. The van der Waals surface area contributed by atoms with E-state index in [1.165, 1.54) is 24.8 Å². The van der Waals surface area contributed by atoms with Crippen LogP contribution in [0.4, 0.5) is 0 Å². The van der Waals surface area contributed by atoms with Gasteiger partial charge in [0, 0.05) is 0 Å². The summed E-state index contributed by atoms with van der Waals surface area (Å²) in [7, 11) is 0. The molecule has 2 atom stereocenters. The molecule has 23 heavy (non-hydrogen) atoms. The summed E-state index contributed by atoms with van der Waals surface area (Å²) in [5.74, 6) is 1.48. The first-order valence-electron chi connectivity index (χ1n) is 9.21. The zero-order valence-electron chi connectivity index (χ0n) is 15.7. The molecule has 3 rings (SSSR count). The van der Waals surface area contributed by atoms with Gasteiger partial charge in [-0.15, -0.1) is 0 Å². The Morgan fingerprint density at radius 1 is 1.04 bits per heavy atom. The van der Waals surface area contributed by atoms with Gasteiger partial charge in [0.15, 0.2) is 0 Å². The zero-order valence-corrected chi connectivity index (χ0v) is 15.7. The third kappa shape index (κ3) is 3.18. The maximum Gasteiger partial charge on any atom is -0.00927 e. The van der Waals surface area contributed by atoms with Gasteiger partial charge in [-0.1, -0.05) is 69.7 Å². The topological polar surface area (TPSA) is 0 Å². The predicted octanol–water partition coefficient (Wildman–Crippen LogP) is 6.66. The lowest BCUT2D eigenvalue weighted by molar-refractivity contribution is 0.331. The van der Waals surface area contributed by atoms with Crippen LogP contribution in [0.5, 0.6) is 0 Å². The minimum Gasteiger partial charge on any atom is -0.0847 e. The molecule has 0 amide bonds. The second-order valence-electron chi connectivity index (χ2n) is 8.97. The fourth-order valence-electron chi connectivity index (χ4n) is 4.02. The number of fused-ring (bicyclic) bond motifs is 1. The molecular weight excluding hydrogens is 276 g/mol. The van der Waals surface area contributed by atoms with Crippen LogP contribution in [0.2, 0.25) is 0 Å². The number of benzene rings is 1. The summed E-state index contributed by atoms with van der Waals surface area (Å²) in [5.41, 5.74) is 6.75. The van der Waals surface area contributed by atoms with Gasteiger partial charge in [-0.05, 0) is 72.5 Å². The summed E-state index contributed by atoms with van der Waals surface area (Å²) >= 11 is 0. The molecule has 2 aliphatic carbocycles. The Morgan fingerprint density at radius 2 is 1.70 bits per heavy atom. The van der Waals surface area contributed by atoms with E-state index in [1.54, 1.807) is 16.7 Å². The summed E-state index contributed by atoms with van der Waals surface area (Å²) in [4.78, 5) is 0. The van der Waals surface area contributed by atoms with E-state index in [0.29, 0.717) is 10.8 Å². The van der Waals surface area contributed by atoms with Crippen molar-refractivity contribution in [3.05, 3.63) is 58.7 Å². The second kappa shape index (κ2) is 5.65. The van der Waals surface area contributed by atoms with E-state index >= 15 is 0 Å². The number of allylic oxidation sites excluding steroid dienone is 4. The van der Waals surface area contributed by atoms with Crippen LogP contribution in [0, 0.1) is 5.92 Å². The van der Waals surface area contributed by atoms with Crippen molar-refractivity contribution in [2.75, 3.05) is 0 Å². The van der Waals surface area contributed by atoms with Crippen LogP contribution in [-0.4, -0.2) is 0 Å². The van der Waals surface area contributed by atoms with E-state index in [-0.39, 0.29) is 0 Å². The first-order chi connectivity index (χ1) is 10.7. The monoisotopic (exact) mass is 308 g/mol. The molecule has 1 aromatic carbocycles. The second-order valence-corrected chi connectivity index (χ2v) is 8.97. The van der Waals surface area contributed by atoms with Crippen LogP contribution in [0.15, 0.2) is 42.0 Å². The van der Waals surface area contributed by atoms with Gasteiger partial charge in [-0.2, -0.15) is 0 Å². The van der Waals surface area contributed by atoms with Crippen molar-refractivity contribution >= 4 is 0 Å². The van der Waals surface area contributed by atoms with Gasteiger partial charge in [0.05, 0.1) is 0 Å². The molecule has 0 aromatic heterocycles. The third-order valence-electron chi connectivity index (χ3n) is 6.21. The SMILES string of the molecule is C/C=C(C)/C=C/[C@H]1C[C@H]1c1ccc2c(c1)C(C)(C)CCC2(C)C. The molecule has 0 saturated heterocycles. The van der Waals surface area contributed by atoms with Gasteiger partial charge in [-0.25, -0.2) is 0 Å². The molecule has 0 nitrogen and oxygen atoms in total. The molecule has 0 bridgehead atoms. The molecule has 0 N–H and O–H groups in total. The minimum atomic E-state index is 0.322. The molecule has 0 heterocycles. The summed E-state index contributed by atoms with van der Waals surface area (Å²) in [6.45, 7) is 13.9. The van der Waals surface area contributed by atoms with Crippen LogP contribution in [0.1, 0.15) is 83.4 Å². The highest BCUT2D eigenvalue weighted by Crippen LogP contribution is 2.52. The Hall–Kier alpha value is -1.30. The zero-order chi connectivity index (χ0) is 16.8. The van der Waals surface area contributed by atoms with Crippen LogP contribution < -0.4 is 0 Å². The smallest absolute Gasteiger partial charge is 0.00927 e. The Balaban J connectivity index is 1.86. The van der Waals surface area contributed by atoms with Crippen molar-refractivity contribution in [1.29, 1.82) is 0 Å². The van der Waals surface area contributed by atoms with Crippen molar-refractivity contribution < 1.29 is 0 Å². The first kappa shape index (κ1) is 16.6. The van der Waals surface area contributed by atoms with E-state index in [2.05, 4.69) is 78.0 Å². The quantitative estimate of drug-likeness (QED) is 0.547. The van der Waals surface area contributed by atoms with Crippen molar-refractivity contribution in [2.24, 2.45) is 5.92 Å². The number of hydrogen-bond acceptors (Lipinski definition) is 0. The van der Waals surface area contributed by atoms with Crippen molar-refractivity contribution in [3.63, 3.8) is 0 Å². The normalized spacial score (nSPS) is 28.7. The van der Waals surface area contributed by atoms with Crippen molar-refractivity contribution in [1.82, 2.24) is 0 Å². The maximum absolute atomic E-state index is 2.54. The van der Waals surface area contributed by atoms with E-state index in [9.17, 15) is 0 Å². The number of rotatable bonds is 3. The fourth-order valence-corrected chi connectivity index (χ4v) is 4.02. The Bertz CT molecular complexity index is 655. The molecule has 2 aliphatic rings. The maximum atomic E-state index is 2.54. The van der Waals surface area contributed by atoms with Crippen molar-refractivity contribution in [3.8, 4) is 0 Å². The summed E-state index contributed by atoms with van der Waals surface area (Å²) in [6, 6.07) is 7.38. The molecule has 124 valence electrons. The lowest BCUT2D eigenvalue weighted by atomic mass is 9.63. The Morgan fingerprint density at radius 3 is 2.35 bits per heavy atom. The van der Waals surface area contributed by atoms with Crippen molar-refractivity contribution in [2.45, 2.75) is 77.6 Å². The standard InChI is InChI=1S/C23H32/c1-7-16(2)8-9-17-14-19(17)18-10-11-20-21(15-18)23(5,6)13-12-22(20,3)4/h7-11,15,17,19H,12-14H2,1-6H3/b9-8+,16-7+/t17-,19+/m0/s1. The summed E-state index contributed by atoms with van der Waals surface area (Å²) < 4.78 is 0. The first-order valence-corrected chi connectivity index (χ1v) is 9.21. The average molecular weight is 309 g/mol. The molecule has 1 fully saturated rings. The Labute approximate surface area is 142 Å².